The Bertz CT molecular complexity index is 323. The van der Waals surface area contributed by atoms with Gasteiger partial charge in [-0.05, 0) is 32.4 Å². The van der Waals surface area contributed by atoms with Crippen molar-refractivity contribution in [1.29, 1.82) is 0 Å². The number of aliphatic hydroxyl groups is 1. The van der Waals surface area contributed by atoms with Gasteiger partial charge in [0.15, 0.2) is 0 Å². The fraction of sp³-hybridized carbons (Fsp3) is 0.615. The van der Waals surface area contributed by atoms with E-state index in [1.165, 1.54) is 0 Å². The van der Waals surface area contributed by atoms with Crippen molar-refractivity contribution in [2.75, 3.05) is 6.54 Å². The third-order valence-electron chi connectivity index (χ3n) is 2.55. The maximum Gasteiger partial charge on any atom is 0.0743 e. The molecule has 0 spiro atoms. The number of aromatic nitrogens is 1. The molecule has 0 saturated carbocycles. The van der Waals surface area contributed by atoms with E-state index in [1.54, 1.807) is 0 Å². The van der Waals surface area contributed by atoms with Crippen molar-refractivity contribution in [3.8, 4) is 0 Å². The molecule has 0 aliphatic carbocycles. The smallest absolute Gasteiger partial charge is 0.0743 e. The number of nitrogens with zero attached hydrogens (tertiary/aromatic N) is 1. The van der Waals surface area contributed by atoms with E-state index in [0.717, 1.165) is 24.2 Å². The highest BCUT2D eigenvalue weighted by Crippen LogP contribution is 2.10. The van der Waals surface area contributed by atoms with Crippen molar-refractivity contribution in [3.63, 3.8) is 0 Å². The molecule has 1 unspecified atom stereocenters. The Balaban J connectivity index is 2.35. The molecule has 0 saturated heterocycles. The normalized spacial score (nSPS) is 14.8. The molecule has 0 fully saturated rings. The summed E-state index contributed by atoms with van der Waals surface area (Å²) in [7, 11) is 0. The maximum absolute atomic E-state index is 9.96. The molecule has 0 amide bonds. The molecule has 0 aliphatic heterocycles. The number of pyridine rings is 1. The summed E-state index contributed by atoms with van der Waals surface area (Å²) in [6, 6.07) is 5.98. The fourth-order valence-corrected chi connectivity index (χ4v) is 1.78. The van der Waals surface area contributed by atoms with E-state index in [-0.39, 0.29) is 0 Å². The lowest BCUT2D eigenvalue weighted by atomic mass is 10.0. The number of nitrogens with one attached hydrogen (secondary N) is 1. The summed E-state index contributed by atoms with van der Waals surface area (Å²) in [5.41, 5.74) is 1.44. The van der Waals surface area contributed by atoms with Crippen LogP contribution in [0.3, 0.4) is 0 Å². The highest BCUT2D eigenvalue weighted by atomic mass is 16.3. The lowest BCUT2D eigenvalue weighted by Crippen LogP contribution is -2.37. The molecule has 1 aromatic rings. The van der Waals surface area contributed by atoms with E-state index < -0.39 is 5.60 Å². The molecule has 16 heavy (non-hydrogen) atoms. The van der Waals surface area contributed by atoms with Crippen molar-refractivity contribution in [1.82, 2.24) is 10.3 Å². The van der Waals surface area contributed by atoms with E-state index in [0.29, 0.717) is 13.1 Å². The first kappa shape index (κ1) is 13.1. The minimum Gasteiger partial charge on any atom is -0.389 e. The van der Waals surface area contributed by atoms with E-state index in [2.05, 4.69) is 17.2 Å². The van der Waals surface area contributed by atoms with Crippen molar-refractivity contribution in [3.05, 3.63) is 29.6 Å². The van der Waals surface area contributed by atoms with Gasteiger partial charge in [0.05, 0.1) is 11.3 Å². The van der Waals surface area contributed by atoms with Gasteiger partial charge >= 0.3 is 0 Å². The zero-order valence-corrected chi connectivity index (χ0v) is 10.5. The van der Waals surface area contributed by atoms with Gasteiger partial charge in [-0.3, -0.25) is 4.98 Å². The second kappa shape index (κ2) is 5.97. The summed E-state index contributed by atoms with van der Waals surface area (Å²) >= 11 is 0. The number of hydrogen-bond donors (Lipinski definition) is 2. The van der Waals surface area contributed by atoms with Gasteiger partial charge in [-0.2, -0.15) is 0 Å². The predicted octanol–water partition coefficient (Wildman–Crippen LogP) is 2.03. The molecule has 0 aliphatic rings. The molecule has 1 aromatic heterocycles. The quantitative estimate of drug-likeness (QED) is 0.774. The van der Waals surface area contributed by atoms with Crippen LogP contribution in [0.1, 0.15) is 38.1 Å². The average Bonchev–Trinajstić information content (AvgIpc) is 2.17. The molecular formula is C13H22N2O. The van der Waals surface area contributed by atoms with Crippen LogP contribution in [0.4, 0.5) is 0 Å². The molecule has 1 atom stereocenters. The lowest BCUT2D eigenvalue weighted by Gasteiger charge is -2.22. The second-order valence-corrected chi connectivity index (χ2v) is 4.62. The highest BCUT2D eigenvalue weighted by Gasteiger charge is 2.17. The largest absolute Gasteiger partial charge is 0.389 e. The molecule has 3 nitrogen and oxygen atoms in total. The van der Waals surface area contributed by atoms with E-state index in [1.807, 2.05) is 32.0 Å². The second-order valence-electron chi connectivity index (χ2n) is 4.62. The lowest BCUT2D eigenvalue weighted by molar-refractivity contribution is 0.0497. The number of aryl methyl sites for hydroxylation is 1. The number of rotatable bonds is 6. The zero-order valence-electron chi connectivity index (χ0n) is 10.5. The molecule has 3 heteroatoms. The van der Waals surface area contributed by atoms with Crippen LogP contribution in [0, 0.1) is 6.92 Å². The predicted molar refractivity (Wildman–Crippen MR) is 66.2 cm³/mol. The van der Waals surface area contributed by atoms with Crippen LogP contribution >= 0.6 is 0 Å². The summed E-state index contributed by atoms with van der Waals surface area (Å²) in [6.07, 6.45) is 1.82. The first-order valence-corrected chi connectivity index (χ1v) is 5.89. The van der Waals surface area contributed by atoms with Crippen LogP contribution in [-0.2, 0) is 6.54 Å². The van der Waals surface area contributed by atoms with Gasteiger partial charge in [0.2, 0.25) is 0 Å². The van der Waals surface area contributed by atoms with E-state index in [4.69, 9.17) is 0 Å². The monoisotopic (exact) mass is 222 g/mol. The Hall–Kier alpha value is -0.930. The number of hydrogen-bond acceptors (Lipinski definition) is 3. The topological polar surface area (TPSA) is 45.1 Å². The van der Waals surface area contributed by atoms with Gasteiger partial charge in [-0.15, -0.1) is 0 Å². The first-order valence-electron chi connectivity index (χ1n) is 5.89. The van der Waals surface area contributed by atoms with Crippen LogP contribution in [-0.4, -0.2) is 22.2 Å². The SMILES string of the molecule is CCCC(C)(O)CNCc1cccc(C)n1. The van der Waals surface area contributed by atoms with Crippen LogP contribution in [0.25, 0.3) is 0 Å². The molecule has 0 radical (unpaired) electrons. The van der Waals surface area contributed by atoms with Crippen molar-refractivity contribution >= 4 is 0 Å². The van der Waals surface area contributed by atoms with E-state index >= 15 is 0 Å². The Labute approximate surface area is 97.9 Å². The van der Waals surface area contributed by atoms with Crippen LogP contribution < -0.4 is 5.32 Å². The first-order chi connectivity index (χ1) is 7.53. The molecule has 1 heterocycles. The van der Waals surface area contributed by atoms with Crippen LogP contribution in [0.5, 0.6) is 0 Å². The van der Waals surface area contributed by atoms with Crippen molar-refractivity contribution in [2.24, 2.45) is 0 Å². The standard InChI is InChI=1S/C13H22N2O/c1-4-8-13(3,16)10-14-9-12-7-5-6-11(2)15-12/h5-7,14,16H,4,8-10H2,1-3H3. The summed E-state index contributed by atoms with van der Waals surface area (Å²) in [5, 5.41) is 13.2. The molecule has 0 bridgehead atoms. The van der Waals surface area contributed by atoms with Crippen LogP contribution in [0.15, 0.2) is 18.2 Å². The Morgan fingerprint density at radius 3 is 2.81 bits per heavy atom. The van der Waals surface area contributed by atoms with Crippen molar-refractivity contribution in [2.45, 2.75) is 45.8 Å². The molecular weight excluding hydrogens is 200 g/mol. The third kappa shape index (κ3) is 4.73. The molecule has 1 rings (SSSR count). The summed E-state index contributed by atoms with van der Waals surface area (Å²) in [4.78, 5) is 4.39. The van der Waals surface area contributed by atoms with Gasteiger partial charge in [0, 0.05) is 18.8 Å². The average molecular weight is 222 g/mol. The fourth-order valence-electron chi connectivity index (χ4n) is 1.78. The van der Waals surface area contributed by atoms with E-state index in [9.17, 15) is 5.11 Å². The molecule has 2 N–H and O–H groups in total. The minimum atomic E-state index is -0.613. The minimum absolute atomic E-state index is 0.608. The summed E-state index contributed by atoms with van der Waals surface area (Å²) in [5.74, 6) is 0. The Morgan fingerprint density at radius 1 is 1.44 bits per heavy atom. The maximum atomic E-state index is 9.96. The zero-order chi connectivity index (χ0) is 12.0. The Kier molecular flexibility index (Phi) is 4.90. The highest BCUT2D eigenvalue weighted by molar-refractivity contribution is 5.09. The summed E-state index contributed by atoms with van der Waals surface area (Å²) in [6.45, 7) is 7.25. The van der Waals surface area contributed by atoms with Crippen molar-refractivity contribution < 1.29 is 5.11 Å². The molecule has 90 valence electrons. The van der Waals surface area contributed by atoms with Gasteiger partial charge in [0.25, 0.3) is 0 Å². The summed E-state index contributed by atoms with van der Waals surface area (Å²) < 4.78 is 0. The van der Waals surface area contributed by atoms with Gasteiger partial charge in [-0.25, -0.2) is 0 Å². The third-order valence-corrected chi connectivity index (χ3v) is 2.55. The van der Waals surface area contributed by atoms with Gasteiger partial charge in [0.1, 0.15) is 0 Å². The molecule has 0 aromatic carbocycles. The van der Waals surface area contributed by atoms with Gasteiger partial charge in [-0.1, -0.05) is 19.4 Å². The Morgan fingerprint density at radius 2 is 2.19 bits per heavy atom. The van der Waals surface area contributed by atoms with Gasteiger partial charge < -0.3 is 10.4 Å². The van der Waals surface area contributed by atoms with Crippen LogP contribution in [0.2, 0.25) is 0 Å².